The van der Waals surface area contributed by atoms with Gasteiger partial charge < -0.3 is 19.7 Å². The number of aromatic nitrogens is 1. The quantitative estimate of drug-likeness (QED) is 0.442. The normalized spacial score (nSPS) is 14.1. The summed E-state index contributed by atoms with van der Waals surface area (Å²) in [4.78, 5) is 21.4. The molecule has 0 bridgehead atoms. The van der Waals surface area contributed by atoms with Crippen molar-refractivity contribution in [2.75, 3.05) is 62.8 Å². The van der Waals surface area contributed by atoms with Crippen molar-refractivity contribution >= 4 is 17.3 Å². The average molecular weight is 461 g/mol. The lowest BCUT2D eigenvalue weighted by atomic mass is 10.1. The summed E-state index contributed by atoms with van der Waals surface area (Å²) >= 11 is 0. The van der Waals surface area contributed by atoms with Gasteiger partial charge in [0.15, 0.2) is 0 Å². The number of carbonyl (C=O) groups is 1. The molecule has 4 rings (SSSR count). The predicted molar refractivity (Wildman–Crippen MR) is 134 cm³/mol. The fraction of sp³-hybridized carbons (Fsp3) is 0.333. The van der Waals surface area contributed by atoms with Crippen molar-refractivity contribution in [3.63, 3.8) is 0 Å². The van der Waals surface area contributed by atoms with Crippen molar-refractivity contribution in [1.29, 1.82) is 0 Å². The van der Waals surface area contributed by atoms with Gasteiger partial charge in [-0.1, -0.05) is 30.3 Å². The van der Waals surface area contributed by atoms with Crippen molar-refractivity contribution in [3.05, 3.63) is 84.7 Å². The number of rotatable bonds is 11. The van der Waals surface area contributed by atoms with Gasteiger partial charge in [0.1, 0.15) is 19.0 Å². The molecule has 1 aliphatic heterocycles. The van der Waals surface area contributed by atoms with Gasteiger partial charge in [-0.2, -0.15) is 0 Å². The number of amides is 1. The largest absolute Gasteiger partial charge is 0.491 e. The molecule has 3 aromatic rings. The Balaban J connectivity index is 1.19. The van der Waals surface area contributed by atoms with E-state index in [1.165, 1.54) is 5.56 Å². The Hall–Kier alpha value is -3.42. The minimum atomic E-state index is -0.164. The Bertz CT molecular complexity index is 1010. The molecule has 0 unspecified atom stereocenters. The van der Waals surface area contributed by atoms with Crippen molar-refractivity contribution < 1.29 is 14.3 Å². The molecule has 7 nitrogen and oxygen atoms in total. The summed E-state index contributed by atoms with van der Waals surface area (Å²) < 4.78 is 11.1. The number of carbonyl (C=O) groups excluding carboxylic acids is 1. The lowest BCUT2D eigenvalue weighted by Crippen LogP contribution is -2.47. The third kappa shape index (κ3) is 7.30. The molecule has 0 radical (unpaired) electrons. The topological polar surface area (TPSA) is 66.9 Å². The van der Waals surface area contributed by atoms with Crippen LogP contribution in [0.15, 0.2) is 79.1 Å². The van der Waals surface area contributed by atoms with Crippen molar-refractivity contribution in [1.82, 2.24) is 9.88 Å². The molecular formula is C27H32N4O3. The number of nitrogens with one attached hydrogen (secondary N) is 1. The van der Waals surface area contributed by atoms with Crippen LogP contribution in [0.5, 0.6) is 5.75 Å². The number of hydrogen-bond acceptors (Lipinski definition) is 6. The van der Waals surface area contributed by atoms with Crippen LogP contribution in [-0.2, 0) is 16.0 Å². The summed E-state index contributed by atoms with van der Waals surface area (Å²) in [6.07, 6.45) is 4.73. The number of nitrogens with zero attached hydrogens (tertiary/aromatic N) is 3. The van der Waals surface area contributed by atoms with E-state index in [4.69, 9.17) is 9.47 Å². The zero-order valence-electron chi connectivity index (χ0n) is 19.4. The molecule has 2 aromatic carbocycles. The fourth-order valence-corrected chi connectivity index (χ4v) is 3.99. The highest BCUT2D eigenvalue weighted by Gasteiger charge is 2.19. The van der Waals surface area contributed by atoms with Crippen LogP contribution in [0.2, 0.25) is 0 Å². The standard InChI is InChI=1S/C27H32N4O3/c32-27(22-33-20-21-34-24-6-2-1-3-7-24)29-25-8-4-5-9-26(25)31-18-16-30(17-19-31)15-12-23-10-13-28-14-11-23/h1-11,13-14H,12,15-22H2,(H,29,32). The summed E-state index contributed by atoms with van der Waals surface area (Å²) in [5.41, 5.74) is 3.19. The highest BCUT2D eigenvalue weighted by atomic mass is 16.5. The average Bonchev–Trinajstić information content (AvgIpc) is 2.89. The van der Waals surface area contributed by atoms with Crippen LogP contribution in [0.3, 0.4) is 0 Å². The third-order valence-electron chi connectivity index (χ3n) is 5.83. The molecule has 7 heteroatoms. The predicted octanol–water partition coefficient (Wildman–Crippen LogP) is 3.48. The molecule has 1 fully saturated rings. The smallest absolute Gasteiger partial charge is 0.250 e. The molecule has 1 saturated heterocycles. The zero-order chi connectivity index (χ0) is 23.4. The van der Waals surface area contributed by atoms with E-state index in [-0.39, 0.29) is 12.5 Å². The number of ether oxygens (including phenoxy) is 2. The first-order chi connectivity index (χ1) is 16.8. The van der Waals surface area contributed by atoms with Gasteiger partial charge in [0.2, 0.25) is 5.91 Å². The number of para-hydroxylation sites is 3. The maximum atomic E-state index is 12.4. The molecular weight excluding hydrogens is 428 g/mol. The SMILES string of the molecule is O=C(COCCOc1ccccc1)Nc1ccccc1N1CCN(CCc2ccncc2)CC1. The molecule has 0 aliphatic carbocycles. The first-order valence-electron chi connectivity index (χ1n) is 11.8. The van der Waals surface area contributed by atoms with Gasteiger partial charge in [-0.05, 0) is 48.4 Å². The molecule has 1 amide bonds. The Morgan fingerprint density at radius 2 is 1.62 bits per heavy atom. The molecule has 0 atom stereocenters. The first kappa shape index (κ1) is 23.7. The summed E-state index contributed by atoms with van der Waals surface area (Å²) in [6, 6.07) is 21.7. The second kappa shape index (κ2) is 12.7. The maximum Gasteiger partial charge on any atom is 0.250 e. The highest BCUT2D eigenvalue weighted by molar-refractivity contribution is 5.95. The Kier molecular flexibility index (Phi) is 8.88. The highest BCUT2D eigenvalue weighted by Crippen LogP contribution is 2.26. The Morgan fingerprint density at radius 1 is 0.882 bits per heavy atom. The van der Waals surface area contributed by atoms with Gasteiger partial charge in [-0.3, -0.25) is 14.7 Å². The molecule has 34 heavy (non-hydrogen) atoms. The van der Waals surface area contributed by atoms with E-state index < -0.39 is 0 Å². The van der Waals surface area contributed by atoms with Crippen LogP contribution in [-0.4, -0.2) is 68.3 Å². The molecule has 178 valence electrons. The minimum absolute atomic E-state index is 0.00469. The lowest BCUT2D eigenvalue weighted by Gasteiger charge is -2.37. The van der Waals surface area contributed by atoms with Crippen LogP contribution in [0, 0.1) is 0 Å². The molecule has 2 heterocycles. The summed E-state index contributed by atoms with van der Waals surface area (Å²) in [6.45, 7) is 5.64. The molecule has 0 saturated carbocycles. The first-order valence-corrected chi connectivity index (χ1v) is 11.8. The van der Waals surface area contributed by atoms with Crippen molar-refractivity contribution in [2.45, 2.75) is 6.42 Å². The number of benzene rings is 2. The zero-order valence-corrected chi connectivity index (χ0v) is 19.4. The van der Waals surface area contributed by atoms with Gasteiger partial charge in [0.05, 0.1) is 18.0 Å². The van der Waals surface area contributed by atoms with Gasteiger partial charge in [-0.15, -0.1) is 0 Å². The van der Waals surface area contributed by atoms with Crippen LogP contribution in [0.4, 0.5) is 11.4 Å². The Labute approximate surface area is 201 Å². The van der Waals surface area contributed by atoms with Gasteiger partial charge in [0, 0.05) is 45.1 Å². The van der Waals surface area contributed by atoms with Crippen molar-refractivity contribution in [2.24, 2.45) is 0 Å². The van der Waals surface area contributed by atoms with Crippen molar-refractivity contribution in [3.8, 4) is 5.75 Å². The monoisotopic (exact) mass is 460 g/mol. The molecule has 1 N–H and O–H groups in total. The van der Waals surface area contributed by atoms with E-state index in [2.05, 4.69) is 38.3 Å². The number of hydrogen-bond donors (Lipinski definition) is 1. The van der Waals surface area contributed by atoms with Crippen LogP contribution >= 0.6 is 0 Å². The van der Waals surface area contributed by atoms with Gasteiger partial charge >= 0.3 is 0 Å². The number of pyridine rings is 1. The van der Waals surface area contributed by atoms with Crippen LogP contribution in [0.25, 0.3) is 0 Å². The summed E-state index contributed by atoms with van der Waals surface area (Å²) in [5, 5.41) is 3.01. The number of piperazine rings is 1. The molecule has 0 spiro atoms. The lowest BCUT2D eigenvalue weighted by molar-refractivity contribution is -0.120. The Morgan fingerprint density at radius 3 is 2.41 bits per heavy atom. The second-order valence-electron chi connectivity index (χ2n) is 8.21. The second-order valence-corrected chi connectivity index (χ2v) is 8.21. The van der Waals surface area contributed by atoms with E-state index >= 15 is 0 Å². The van der Waals surface area contributed by atoms with E-state index in [1.54, 1.807) is 0 Å². The summed E-state index contributed by atoms with van der Waals surface area (Å²) in [7, 11) is 0. The fourth-order valence-electron chi connectivity index (χ4n) is 3.99. The summed E-state index contributed by atoms with van der Waals surface area (Å²) in [5.74, 6) is 0.630. The van der Waals surface area contributed by atoms with E-state index in [0.29, 0.717) is 13.2 Å². The van der Waals surface area contributed by atoms with Crippen LogP contribution in [0.1, 0.15) is 5.56 Å². The molecule has 1 aliphatic rings. The third-order valence-corrected chi connectivity index (χ3v) is 5.83. The minimum Gasteiger partial charge on any atom is -0.491 e. The van der Waals surface area contributed by atoms with Gasteiger partial charge in [-0.25, -0.2) is 0 Å². The molecule has 1 aromatic heterocycles. The maximum absolute atomic E-state index is 12.4. The number of anilines is 2. The van der Waals surface area contributed by atoms with Gasteiger partial charge in [0.25, 0.3) is 0 Å². The van der Waals surface area contributed by atoms with Crippen LogP contribution < -0.4 is 15.0 Å². The van der Waals surface area contributed by atoms with E-state index in [1.807, 2.05) is 60.9 Å². The van der Waals surface area contributed by atoms with E-state index in [0.717, 1.165) is 56.3 Å². The van der Waals surface area contributed by atoms with E-state index in [9.17, 15) is 4.79 Å².